The van der Waals surface area contributed by atoms with E-state index >= 15 is 0 Å². The first-order valence-corrected chi connectivity index (χ1v) is 5.21. The van der Waals surface area contributed by atoms with Gasteiger partial charge in [-0.1, -0.05) is 0 Å². The van der Waals surface area contributed by atoms with E-state index in [0.717, 1.165) is 0 Å². The molecule has 0 amide bonds. The molecule has 8 heteroatoms. The van der Waals surface area contributed by atoms with E-state index < -0.39 is 55.9 Å². The number of ether oxygens (including phenoxy) is 1. The van der Waals surface area contributed by atoms with Gasteiger partial charge in [0, 0.05) is 0 Å². The van der Waals surface area contributed by atoms with Crippen LogP contribution in [-0.4, -0.2) is 91.7 Å². The van der Waals surface area contributed by atoms with Crippen LogP contribution < -0.4 is 0 Å². The van der Waals surface area contributed by atoms with Crippen molar-refractivity contribution in [2.75, 3.05) is 13.2 Å². The molecular formula is C9H18O8. The molecule has 1 fully saturated rings. The van der Waals surface area contributed by atoms with Crippen molar-refractivity contribution in [2.24, 2.45) is 0 Å². The molecule has 0 aromatic rings. The Morgan fingerprint density at radius 3 is 2.00 bits per heavy atom. The summed E-state index contributed by atoms with van der Waals surface area (Å²) >= 11 is 0. The molecule has 102 valence electrons. The van der Waals surface area contributed by atoms with Gasteiger partial charge in [-0.2, -0.15) is 0 Å². The molecule has 1 heterocycles. The van der Waals surface area contributed by atoms with Crippen LogP contribution in [0.4, 0.5) is 0 Å². The summed E-state index contributed by atoms with van der Waals surface area (Å²) < 4.78 is 4.96. The second-order valence-electron chi connectivity index (χ2n) is 4.03. The van der Waals surface area contributed by atoms with Crippen molar-refractivity contribution in [3.05, 3.63) is 0 Å². The monoisotopic (exact) mass is 254 g/mol. The first-order chi connectivity index (χ1) is 7.93. The average molecular weight is 254 g/mol. The molecule has 8 nitrogen and oxygen atoms in total. The maximum absolute atomic E-state index is 9.62. The normalized spacial score (nSPS) is 39.0. The maximum Gasteiger partial charge on any atom is 0.115 e. The average Bonchev–Trinajstić information content (AvgIpc) is 2.63. The molecule has 0 radical (unpaired) electrons. The molecular weight excluding hydrogens is 236 g/mol. The van der Waals surface area contributed by atoms with Gasteiger partial charge in [-0.15, -0.1) is 0 Å². The molecule has 7 N–H and O–H groups in total. The van der Waals surface area contributed by atoms with Gasteiger partial charge in [-0.3, -0.25) is 0 Å². The Balaban J connectivity index is 2.67. The number of hydrogen-bond acceptors (Lipinski definition) is 8. The highest BCUT2D eigenvalue weighted by atomic mass is 16.6. The highest BCUT2D eigenvalue weighted by Gasteiger charge is 2.48. The molecule has 0 spiro atoms. The van der Waals surface area contributed by atoms with Crippen LogP contribution in [0.1, 0.15) is 0 Å². The highest BCUT2D eigenvalue weighted by molar-refractivity contribution is 4.96. The van der Waals surface area contributed by atoms with E-state index in [0.29, 0.717) is 0 Å². The van der Waals surface area contributed by atoms with Gasteiger partial charge in [0.1, 0.15) is 42.7 Å². The van der Waals surface area contributed by atoms with Crippen molar-refractivity contribution in [2.45, 2.75) is 42.7 Å². The van der Waals surface area contributed by atoms with Crippen molar-refractivity contribution < 1.29 is 40.5 Å². The summed E-state index contributed by atoms with van der Waals surface area (Å²) in [5.74, 6) is 0. The van der Waals surface area contributed by atoms with Crippen LogP contribution in [0.3, 0.4) is 0 Å². The van der Waals surface area contributed by atoms with E-state index in [-0.39, 0.29) is 0 Å². The Bertz CT molecular complexity index is 237. The van der Waals surface area contributed by atoms with E-state index in [9.17, 15) is 20.4 Å². The second kappa shape index (κ2) is 6.03. The maximum atomic E-state index is 9.62. The zero-order valence-corrected chi connectivity index (χ0v) is 8.99. The summed E-state index contributed by atoms with van der Waals surface area (Å²) in [6.45, 7) is -1.33. The molecule has 1 aliphatic heterocycles. The number of hydrogen-bond donors (Lipinski definition) is 7. The summed E-state index contributed by atoms with van der Waals surface area (Å²) in [7, 11) is 0. The zero-order valence-electron chi connectivity index (χ0n) is 8.99. The molecule has 1 rings (SSSR count). The molecule has 1 saturated heterocycles. The topological polar surface area (TPSA) is 151 Å². The third-order valence-electron chi connectivity index (χ3n) is 2.85. The summed E-state index contributed by atoms with van der Waals surface area (Å²) in [6.07, 6.45) is -10.3. The Morgan fingerprint density at radius 2 is 1.59 bits per heavy atom. The van der Waals surface area contributed by atoms with Gasteiger partial charge in [0.15, 0.2) is 0 Å². The third kappa shape index (κ3) is 2.92. The Morgan fingerprint density at radius 1 is 1.00 bits per heavy atom. The lowest BCUT2D eigenvalue weighted by atomic mass is 9.98. The fourth-order valence-corrected chi connectivity index (χ4v) is 1.74. The lowest BCUT2D eigenvalue weighted by molar-refractivity contribution is -0.144. The molecule has 1 unspecified atom stereocenters. The van der Waals surface area contributed by atoms with Crippen LogP contribution in [0, 0.1) is 0 Å². The molecule has 0 aromatic heterocycles. The Labute approximate surface area is 97.3 Å². The lowest BCUT2D eigenvalue weighted by Gasteiger charge is -2.27. The smallest absolute Gasteiger partial charge is 0.115 e. The predicted octanol–water partition coefficient (Wildman–Crippen LogP) is -4.46. The minimum atomic E-state index is -1.73. The number of aliphatic hydroxyl groups excluding tert-OH is 7. The minimum Gasteiger partial charge on any atom is -0.394 e. The van der Waals surface area contributed by atoms with Gasteiger partial charge in [0.05, 0.1) is 13.2 Å². The van der Waals surface area contributed by atoms with Crippen molar-refractivity contribution in [1.82, 2.24) is 0 Å². The van der Waals surface area contributed by atoms with E-state index in [4.69, 9.17) is 20.1 Å². The van der Waals surface area contributed by atoms with Gasteiger partial charge in [-0.05, 0) is 0 Å². The minimum absolute atomic E-state index is 0.555. The van der Waals surface area contributed by atoms with Crippen LogP contribution in [0.5, 0.6) is 0 Å². The van der Waals surface area contributed by atoms with Crippen molar-refractivity contribution in [1.29, 1.82) is 0 Å². The fraction of sp³-hybridized carbons (Fsp3) is 1.00. The standard InChI is InChI=1S/C9H18O8/c10-1-3(12)5(13)7(15)9-8(16)6(14)4(2-11)17-9/h3-16H,1-2H2/t3-,4?,5+,6+,7-,8-,9-/m1/s1. The molecule has 17 heavy (non-hydrogen) atoms. The fourth-order valence-electron chi connectivity index (χ4n) is 1.74. The van der Waals surface area contributed by atoms with Crippen LogP contribution in [0.25, 0.3) is 0 Å². The van der Waals surface area contributed by atoms with Gasteiger partial charge < -0.3 is 40.5 Å². The van der Waals surface area contributed by atoms with Crippen molar-refractivity contribution >= 4 is 0 Å². The Kier molecular flexibility index (Phi) is 5.22. The van der Waals surface area contributed by atoms with E-state index in [1.54, 1.807) is 0 Å². The van der Waals surface area contributed by atoms with E-state index in [1.165, 1.54) is 0 Å². The van der Waals surface area contributed by atoms with Crippen LogP contribution in [0.15, 0.2) is 0 Å². The van der Waals surface area contributed by atoms with Crippen LogP contribution in [0.2, 0.25) is 0 Å². The van der Waals surface area contributed by atoms with E-state index in [1.807, 2.05) is 0 Å². The largest absolute Gasteiger partial charge is 0.394 e. The summed E-state index contributed by atoms with van der Waals surface area (Å²) in [6, 6.07) is 0. The van der Waals surface area contributed by atoms with Gasteiger partial charge >= 0.3 is 0 Å². The number of aliphatic hydroxyl groups is 7. The van der Waals surface area contributed by atoms with Crippen molar-refractivity contribution in [3.8, 4) is 0 Å². The first-order valence-electron chi connectivity index (χ1n) is 5.21. The third-order valence-corrected chi connectivity index (χ3v) is 2.85. The predicted molar refractivity (Wildman–Crippen MR) is 52.9 cm³/mol. The second-order valence-corrected chi connectivity index (χ2v) is 4.03. The van der Waals surface area contributed by atoms with Gasteiger partial charge in [0.2, 0.25) is 0 Å². The number of rotatable bonds is 5. The van der Waals surface area contributed by atoms with Gasteiger partial charge in [-0.25, -0.2) is 0 Å². The quantitative estimate of drug-likeness (QED) is 0.259. The molecule has 1 aliphatic rings. The lowest BCUT2D eigenvalue weighted by Crippen LogP contribution is -2.50. The van der Waals surface area contributed by atoms with E-state index in [2.05, 4.69) is 0 Å². The molecule has 0 bridgehead atoms. The highest BCUT2D eigenvalue weighted by Crippen LogP contribution is 2.25. The molecule has 0 saturated carbocycles. The molecule has 0 aliphatic carbocycles. The van der Waals surface area contributed by atoms with Crippen molar-refractivity contribution in [3.63, 3.8) is 0 Å². The first kappa shape index (κ1) is 14.7. The summed E-state index contributed by atoms with van der Waals surface area (Å²) in [5, 5.41) is 64.5. The van der Waals surface area contributed by atoms with Crippen LogP contribution in [-0.2, 0) is 4.74 Å². The van der Waals surface area contributed by atoms with Crippen LogP contribution >= 0.6 is 0 Å². The van der Waals surface area contributed by atoms with Gasteiger partial charge in [0.25, 0.3) is 0 Å². The SMILES string of the molecule is OCC1O[C@H]([C@H](O)[C@@H](O)[C@H](O)CO)[C@H](O)[C@H]1O. The molecule has 0 aromatic carbocycles. The summed E-state index contributed by atoms with van der Waals surface area (Å²) in [4.78, 5) is 0. The zero-order chi connectivity index (χ0) is 13.2. The Hall–Kier alpha value is -0.320. The molecule has 7 atom stereocenters. The summed E-state index contributed by atoms with van der Waals surface area (Å²) in [5.41, 5.74) is 0.